The van der Waals surface area contributed by atoms with Crippen molar-refractivity contribution < 1.29 is 13.2 Å². The van der Waals surface area contributed by atoms with Gasteiger partial charge in [0, 0.05) is 50.3 Å². The van der Waals surface area contributed by atoms with Crippen LogP contribution in [0.2, 0.25) is 0 Å². The maximum Gasteiger partial charge on any atom is 0.416 e. The zero-order chi connectivity index (χ0) is 27.3. The molecule has 13 heteroatoms. The monoisotopic (exact) mass is 534 g/mol. The van der Waals surface area contributed by atoms with Crippen LogP contribution < -0.4 is 16.1 Å². The second-order valence-electron chi connectivity index (χ2n) is 9.29. The van der Waals surface area contributed by atoms with Gasteiger partial charge in [-0.05, 0) is 37.4 Å². The van der Waals surface area contributed by atoms with Crippen LogP contribution in [0.1, 0.15) is 5.56 Å². The summed E-state index contributed by atoms with van der Waals surface area (Å²) in [5.41, 5.74) is -1.02. The first-order valence-electron chi connectivity index (χ1n) is 12.1. The SMILES string of the molecule is CN1CCN(c2ncc(-c3ccc4ncc5c(=O)[nH]c(=O)n(-c6cccc(C(F)(F)F)c6)c5c4n3)cn2)CC1. The predicted octanol–water partition coefficient (Wildman–Crippen LogP) is 2.85. The number of hydrogen-bond donors (Lipinski definition) is 1. The third-order valence-electron chi connectivity index (χ3n) is 6.73. The fourth-order valence-corrected chi connectivity index (χ4v) is 4.62. The van der Waals surface area contributed by atoms with Crippen LogP contribution >= 0.6 is 0 Å². The number of anilines is 1. The molecular weight excluding hydrogens is 513 g/mol. The van der Waals surface area contributed by atoms with Gasteiger partial charge < -0.3 is 9.80 Å². The van der Waals surface area contributed by atoms with Gasteiger partial charge in [0.15, 0.2) is 0 Å². The Labute approximate surface area is 218 Å². The molecule has 10 nitrogen and oxygen atoms in total. The Morgan fingerprint density at radius 2 is 1.67 bits per heavy atom. The lowest BCUT2D eigenvalue weighted by molar-refractivity contribution is -0.137. The van der Waals surface area contributed by atoms with Crippen LogP contribution in [0.25, 0.3) is 38.9 Å². The summed E-state index contributed by atoms with van der Waals surface area (Å²) >= 11 is 0. The largest absolute Gasteiger partial charge is 0.416 e. The number of hydrogen-bond acceptors (Lipinski definition) is 8. The molecule has 1 aliphatic rings. The molecule has 5 aromatic rings. The van der Waals surface area contributed by atoms with E-state index in [1.807, 2.05) is 0 Å². The molecule has 0 saturated carbocycles. The topological polar surface area (TPSA) is 113 Å². The highest BCUT2D eigenvalue weighted by atomic mass is 19.4. The third-order valence-corrected chi connectivity index (χ3v) is 6.73. The number of alkyl halides is 3. The molecule has 0 atom stereocenters. The molecule has 1 aromatic carbocycles. The van der Waals surface area contributed by atoms with Gasteiger partial charge in [-0.3, -0.25) is 19.3 Å². The maximum atomic E-state index is 13.4. The Hall–Kier alpha value is -4.65. The summed E-state index contributed by atoms with van der Waals surface area (Å²) in [4.78, 5) is 50.1. The van der Waals surface area contributed by atoms with Crippen molar-refractivity contribution in [2.45, 2.75) is 6.18 Å². The number of likely N-dealkylation sites (N-methyl/N-ethyl adjacent to an activating group) is 1. The van der Waals surface area contributed by atoms with Crippen molar-refractivity contribution in [3.63, 3.8) is 0 Å². The number of piperazine rings is 1. The van der Waals surface area contributed by atoms with E-state index in [9.17, 15) is 22.8 Å². The normalized spacial score (nSPS) is 14.8. The molecule has 1 N–H and O–H groups in total. The molecule has 0 radical (unpaired) electrons. The molecule has 39 heavy (non-hydrogen) atoms. The summed E-state index contributed by atoms with van der Waals surface area (Å²) in [5, 5.41) is 0.00539. The summed E-state index contributed by atoms with van der Waals surface area (Å²) in [7, 11) is 2.06. The van der Waals surface area contributed by atoms with E-state index in [1.54, 1.807) is 24.5 Å². The van der Waals surface area contributed by atoms with Gasteiger partial charge in [0.25, 0.3) is 5.56 Å². The lowest BCUT2D eigenvalue weighted by Gasteiger charge is -2.32. The van der Waals surface area contributed by atoms with Crippen LogP contribution in [0.5, 0.6) is 0 Å². The minimum atomic E-state index is -4.62. The molecule has 0 spiro atoms. The second-order valence-corrected chi connectivity index (χ2v) is 9.29. The second kappa shape index (κ2) is 9.27. The summed E-state index contributed by atoms with van der Waals surface area (Å²) in [6.45, 7) is 3.43. The van der Waals surface area contributed by atoms with E-state index in [4.69, 9.17) is 0 Å². The number of aromatic amines is 1. The van der Waals surface area contributed by atoms with Gasteiger partial charge in [-0.2, -0.15) is 13.2 Å². The van der Waals surface area contributed by atoms with Gasteiger partial charge in [0.05, 0.1) is 33.4 Å². The van der Waals surface area contributed by atoms with E-state index in [-0.39, 0.29) is 22.1 Å². The lowest BCUT2D eigenvalue weighted by atomic mass is 10.1. The fraction of sp³-hybridized carbons (Fsp3) is 0.231. The van der Waals surface area contributed by atoms with Crippen LogP contribution in [0, 0.1) is 0 Å². The van der Waals surface area contributed by atoms with Crippen molar-refractivity contribution in [3.8, 4) is 16.9 Å². The molecule has 1 fully saturated rings. The van der Waals surface area contributed by atoms with E-state index >= 15 is 0 Å². The molecule has 6 rings (SSSR count). The van der Waals surface area contributed by atoms with Gasteiger partial charge >= 0.3 is 11.9 Å². The molecule has 0 aliphatic carbocycles. The van der Waals surface area contributed by atoms with Crippen LogP contribution in [0.3, 0.4) is 0 Å². The van der Waals surface area contributed by atoms with E-state index in [2.05, 4.69) is 41.8 Å². The first-order chi connectivity index (χ1) is 18.7. The Morgan fingerprint density at radius 1 is 0.923 bits per heavy atom. The van der Waals surface area contributed by atoms with Gasteiger partial charge in [-0.15, -0.1) is 0 Å². The smallest absolute Gasteiger partial charge is 0.338 e. The zero-order valence-electron chi connectivity index (χ0n) is 20.6. The third kappa shape index (κ3) is 4.50. The molecule has 4 aromatic heterocycles. The Kier molecular flexibility index (Phi) is 5.87. The van der Waals surface area contributed by atoms with E-state index < -0.39 is 23.0 Å². The summed E-state index contributed by atoms with van der Waals surface area (Å²) in [5.74, 6) is 0.602. The zero-order valence-corrected chi connectivity index (χ0v) is 20.6. The minimum Gasteiger partial charge on any atom is -0.338 e. The van der Waals surface area contributed by atoms with Crippen LogP contribution in [-0.2, 0) is 6.18 Å². The standard InChI is InChI=1S/C26H21F3N8O2/c1-35-7-9-36(10-8-35)24-31-12-15(13-32-24)19-5-6-20-21(33-19)22-18(14-30-20)23(38)34-25(39)37(22)17-4-2-3-16(11-17)26(27,28)29/h2-6,11-14H,7-10H2,1H3,(H,34,38,39). The highest BCUT2D eigenvalue weighted by Gasteiger charge is 2.31. The molecule has 0 bridgehead atoms. The van der Waals surface area contributed by atoms with E-state index in [0.717, 1.165) is 42.9 Å². The van der Waals surface area contributed by atoms with Gasteiger partial charge in [0.2, 0.25) is 5.95 Å². The highest BCUT2D eigenvalue weighted by Crippen LogP contribution is 2.31. The summed E-state index contributed by atoms with van der Waals surface area (Å²) in [6.07, 6.45) is -0.0710. The molecule has 0 unspecified atom stereocenters. The molecule has 1 saturated heterocycles. The number of halogens is 3. The first kappa shape index (κ1) is 24.7. The number of H-pyrrole nitrogens is 1. The van der Waals surface area contributed by atoms with E-state index in [1.165, 1.54) is 18.3 Å². The van der Waals surface area contributed by atoms with Crippen molar-refractivity contribution in [1.82, 2.24) is 34.4 Å². The summed E-state index contributed by atoms with van der Waals surface area (Å²) in [6, 6.07) is 7.67. The minimum absolute atomic E-state index is 0.00539. The van der Waals surface area contributed by atoms with Gasteiger partial charge in [-0.1, -0.05) is 6.07 Å². The van der Waals surface area contributed by atoms with Crippen molar-refractivity contribution in [2.75, 3.05) is 38.1 Å². The van der Waals surface area contributed by atoms with Crippen molar-refractivity contribution >= 4 is 27.9 Å². The number of nitrogens with one attached hydrogen (secondary N) is 1. The number of fused-ring (bicyclic) bond motifs is 3. The van der Waals surface area contributed by atoms with Crippen molar-refractivity contribution in [1.29, 1.82) is 0 Å². The van der Waals surface area contributed by atoms with Crippen LogP contribution in [-0.4, -0.2) is 67.6 Å². The Balaban J connectivity index is 1.51. The molecule has 1 aliphatic heterocycles. The van der Waals surface area contributed by atoms with E-state index in [0.29, 0.717) is 22.7 Å². The number of pyridine rings is 2. The van der Waals surface area contributed by atoms with Gasteiger partial charge in [0.1, 0.15) is 5.52 Å². The van der Waals surface area contributed by atoms with Crippen LogP contribution in [0.15, 0.2) is 64.6 Å². The average Bonchev–Trinajstić information content (AvgIpc) is 2.93. The Bertz CT molecular complexity index is 1820. The van der Waals surface area contributed by atoms with Crippen molar-refractivity contribution in [2.24, 2.45) is 0 Å². The maximum absolute atomic E-state index is 13.4. The number of rotatable bonds is 3. The quantitative estimate of drug-likeness (QED) is 0.352. The van der Waals surface area contributed by atoms with Gasteiger partial charge in [-0.25, -0.2) is 19.7 Å². The molecule has 0 amide bonds. The summed E-state index contributed by atoms with van der Waals surface area (Å²) < 4.78 is 41.3. The average molecular weight is 535 g/mol. The predicted molar refractivity (Wildman–Crippen MR) is 139 cm³/mol. The molecule has 198 valence electrons. The molecule has 5 heterocycles. The Morgan fingerprint density at radius 3 is 2.38 bits per heavy atom. The number of nitrogens with zero attached hydrogens (tertiary/aromatic N) is 7. The first-order valence-corrected chi connectivity index (χ1v) is 12.1. The highest BCUT2D eigenvalue weighted by molar-refractivity contribution is 6.01. The molecular formula is C26H21F3N8O2. The lowest BCUT2D eigenvalue weighted by Crippen LogP contribution is -2.45. The van der Waals surface area contributed by atoms with Crippen molar-refractivity contribution in [3.05, 3.63) is 81.4 Å². The number of benzene rings is 1. The van der Waals surface area contributed by atoms with Crippen LogP contribution in [0.4, 0.5) is 19.1 Å². The fourth-order valence-electron chi connectivity index (χ4n) is 4.62. The number of aromatic nitrogens is 6.